The summed E-state index contributed by atoms with van der Waals surface area (Å²) in [6, 6.07) is 5.95. The number of benzene rings is 1. The molecule has 1 N–H and O–H groups in total. The van der Waals surface area contributed by atoms with Gasteiger partial charge in [0.2, 0.25) is 0 Å². The van der Waals surface area contributed by atoms with E-state index in [0.717, 1.165) is 16.7 Å². The van der Waals surface area contributed by atoms with E-state index in [1.54, 1.807) is 11.6 Å². The summed E-state index contributed by atoms with van der Waals surface area (Å²) < 4.78 is 1.55. The van der Waals surface area contributed by atoms with Crippen LogP contribution in [0, 0.1) is 19.8 Å². The molecule has 100 valence electrons. The van der Waals surface area contributed by atoms with Crippen LogP contribution in [0.1, 0.15) is 18.1 Å². The molecular formula is C13H16N4O2. The second-order valence-corrected chi connectivity index (χ2v) is 4.69. The van der Waals surface area contributed by atoms with Gasteiger partial charge in [0.05, 0.1) is 12.5 Å². The first-order valence-corrected chi connectivity index (χ1v) is 6.06. The number of carboxylic acid groups (broad SMARTS) is 1. The van der Waals surface area contributed by atoms with Crippen LogP contribution < -0.4 is 0 Å². The van der Waals surface area contributed by atoms with E-state index in [1.165, 1.54) is 0 Å². The second kappa shape index (κ2) is 5.17. The van der Waals surface area contributed by atoms with Crippen molar-refractivity contribution in [3.8, 4) is 11.4 Å². The second-order valence-electron chi connectivity index (χ2n) is 4.69. The number of hydrogen-bond acceptors (Lipinski definition) is 4. The van der Waals surface area contributed by atoms with Gasteiger partial charge in [0, 0.05) is 5.56 Å². The fraction of sp³-hybridized carbons (Fsp3) is 0.385. The maximum atomic E-state index is 10.9. The Kier molecular flexibility index (Phi) is 3.59. The summed E-state index contributed by atoms with van der Waals surface area (Å²) in [5, 5.41) is 20.6. The van der Waals surface area contributed by atoms with Crippen molar-refractivity contribution in [2.45, 2.75) is 27.3 Å². The van der Waals surface area contributed by atoms with Gasteiger partial charge in [-0.1, -0.05) is 25.1 Å². The minimum Gasteiger partial charge on any atom is -0.481 e. The SMILES string of the molecule is Cc1cccc(C)c1-c1nnnn1CC(C)C(=O)O. The van der Waals surface area contributed by atoms with Gasteiger partial charge in [-0.05, 0) is 35.4 Å². The third kappa shape index (κ3) is 2.62. The quantitative estimate of drug-likeness (QED) is 0.904. The van der Waals surface area contributed by atoms with E-state index >= 15 is 0 Å². The normalized spacial score (nSPS) is 12.4. The molecule has 0 bridgehead atoms. The van der Waals surface area contributed by atoms with Crippen molar-refractivity contribution in [1.82, 2.24) is 20.2 Å². The number of hydrogen-bond donors (Lipinski definition) is 1. The Labute approximate surface area is 111 Å². The molecule has 0 aliphatic carbocycles. The molecular weight excluding hydrogens is 244 g/mol. The molecule has 0 aliphatic heterocycles. The van der Waals surface area contributed by atoms with Crippen LogP contribution in [0.15, 0.2) is 18.2 Å². The van der Waals surface area contributed by atoms with Crippen molar-refractivity contribution in [2.24, 2.45) is 5.92 Å². The number of carbonyl (C=O) groups is 1. The molecule has 0 saturated carbocycles. The lowest BCUT2D eigenvalue weighted by atomic mass is 10.0. The Morgan fingerprint density at radius 1 is 1.37 bits per heavy atom. The first-order valence-electron chi connectivity index (χ1n) is 6.06. The largest absolute Gasteiger partial charge is 0.481 e. The van der Waals surface area contributed by atoms with E-state index in [1.807, 2.05) is 32.0 Å². The molecule has 0 amide bonds. The Balaban J connectivity index is 2.42. The first-order chi connectivity index (χ1) is 9.00. The smallest absolute Gasteiger partial charge is 0.308 e. The van der Waals surface area contributed by atoms with Crippen molar-refractivity contribution in [1.29, 1.82) is 0 Å². The fourth-order valence-corrected chi connectivity index (χ4v) is 2.01. The van der Waals surface area contributed by atoms with Crippen LogP contribution in [0.5, 0.6) is 0 Å². The van der Waals surface area contributed by atoms with Crippen molar-refractivity contribution in [3.05, 3.63) is 29.3 Å². The van der Waals surface area contributed by atoms with Crippen LogP contribution in [-0.2, 0) is 11.3 Å². The predicted molar refractivity (Wildman–Crippen MR) is 69.5 cm³/mol. The molecule has 2 aromatic rings. The molecule has 0 saturated heterocycles. The Hall–Kier alpha value is -2.24. The lowest BCUT2D eigenvalue weighted by Gasteiger charge is -2.11. The van der Waals surface area contributed by atoms with E-state index < -0.39 is 11.9 Å². The molecule has 0 radical (unpaired) electrons. The maximum absolute atomic E-state index is 10.9. The topological polar surface area (TPSA) is 80.9 Å². The van der Waals surface area contributed by atoms with Crippen LogP contribution >= 0.6 is 0 Å². The molecule has 1 atom stereocenters. The zero-order valence-corrected chi connectivity index (χ0v) is 11.2. The summed E-state index contributed by atoms with van der Waals surface area (Å²) in [7, 11) is 0. The Morgan fingerprint density at radius 3 is 2.58 bits per heavy atom. The summed E-state index contributed by atoms with van der Waals surface area (Å²) in [6.45, 7) is 5.87. The minimum absolute atomic E-state index is 0.255. The first kappa shape index (κ1) is 13.2. The molecule has 6 nitrogen and oxygen atoms in total. The van der Waals surface area contributed by atoms with E-state index in [2.05, 4.69) is 15.5 Å². The predicted octanol–water partition coefficient (Wildman–Crippen LogP) is 1.68. The van der Waals surface area contributed by atoms with Crippen LogP contribution in [-0.4, -0.2) is 31.3 Å². The molecule has 1 aromatic heterocycles. The summed E-state index contributed by atoms with van der Waals surface area (Å²) >= 11 is 0. The highest BCUT2D eigenvalue weighted by atomic mass is 16.4. The van der Waals surface area contributed by atoms with Gasteiger partial charge in [0.25, 0.3) is 0 Å². The summed E-state index contributed by atoms with van der Waals surface area (Å²) in [4.78, 5) is 10.9. The number of carboxylic acids is 1. The highest BCUT2D eigenvalue weighted by Gasteiger charge is 2.18. The summed E-state index contributed by atoms with van der Waals surface area (Å²) in [5.41, 5.74) is 3.10. The molecule has 1 aromatic carbocycles. The van der Waals surface area contributed by atoms with Gasteiger partial charge in [-0.3, -0.25) is 4.79 Å². The number of tetrazole rings is 1. The van der Waals surface area contributed by atoms with Crippen LogP contribution in [0.25, 0.3) is 11.4 Å². The molecule has 19 heavy (non-hydrogen) atoms. The van der Waals surface area contributed by atoms with E-state index in [0.29, 0.717) is 5.82 Å². The van der Waals surface area contributed by atoms with Crippen LogP contribution in [0.2, 0.25) is 0 Å². The summed E-state index contributed by atoms with van der Waals surface area (Å²) in [5.74, 6) is -0.779. The Morgan fingerprint density at radius 2 is 2.00 bits per heavy atom. The molecule has 0 spiro atoms. The van der Waals surface area contributed by atoms with Gasteiger partial charge in [-0.25, -0.2) is 4.68 Å². The van der Waals surface area contributed by atoms with Crippen molar-refractivity contribution in [3.63, 3.8) is 0 Å². The number of aryl methyl sites for hydroxylation is 2. The molecule has 0 aliphatic rings. The van der Waals surface area contributed by atoms with Gasteiger partial charge in [0.15, 0.2) is 5.82 Å². The Bertz CT molecular complexity index is 586. The van der Waals surface area contributed by atoms with Crippen molar-refractivity contribution in [2.75, 3.05) is 0 Å². The van der Waals surface area contributed by atoms with Gasteiger partial charge in [-0.2, -0.15) is 0 Å². The van der Waals surface area contributed by atoms with E-state index in [4.69, 9.17) is 5.11 Å². The number of nitrogens with zero attached hydrogens (tertiary/aromatic N) is 4. The third-order valence-corrected chi connectivity index (χ3v) is 3.10. The van der Waals surface area contributed by atoms with Gasteiger partial charge < -0.3 is 5.11 Å². The standard InChI is InChI=1S/C13H16N4O2/c1-8-5-4-6-9(2)11(8)12-14-15-16-17(12)7-10(3)13(18)19/h4-6,10H,7H2,1-3H3,(H,18,19). The molecule has 6 heteroatoms. The molecule has 0 fully saturated rings. The minimum atomic E-state index is -0.858. The lowest BCUT2D eigenvalue weighted by Crippen LogP contribution is -2.18. The van der Waals surface area contributed by atoms with E-state index in [-0.39, 0.29) is 6.54 Å². The highest BCUT2D eigenvalue weighted by Crippen LogP contribution is 2.24. The average Bonchev–Trinajstić information content (AvgIpc) is 2.77. The number of aliphatic carboxylic acids is 1. The van der Waals surface area contributed by atoms with Gasteiger partial charge in [-0.15, -0.1) is 5.10 Å². The number of rotatable bonds is 4. The average molecular weight is 260 g/mol. The monoisotopic (exact) mass is 260 g/mol. The van der Waals surface area contributed by atoms with Gasteiger partial charge in [0.1, 0.15) is 0 Å². The van der Waals surface area contributed by atoms with Crippen LogP contribution in [0.4, 0.5) is 0 Å². The number of aromatic nitrogens is 4. The lowest BCUT2D eigenvalue weighted by molar-refractivity contribution is -0.141. The van der Waals surface area contributed by atoms with E-state index in [9.17, 15) is 4.79 Å². The fourth-order valence-electron chi connectivity index (χ4n) is 2.01. The van der Waals surface area contributed by atoms with Crippen molar-refractivity contribution >= 4 is 5.97 Å². The van der Waals surface area contributed by atoms with Gasteiger partial charge >= 0.3 is 5.97 Å². The van der Waals surface area contributed by atoms with Crippen molar-refractivity contribution < 1.29 is 9.90 Å². The zero-order chi connectivity index (χ0) is 14.0. The third-order valence-electron chi connectivity index (χ3n) is 3.10. The zero-order valence-electron chi connectivity index (χ0n) is 11.2. The molecule has 2 rings (SSSR count). The summed E-state index contributed by atoms with van der Waals surface area (Å²) in [6.07, 6.45) is 0. The molecule has 1 heterocycles. The highest BCUT2D eigenvalue weighted by molar-refractivity contribution is 5.69. The molecule has 1 unspecified atom stereocenters. The van der Waals surface area contributed by atoms with Crippen LogP contribution in [0.3, 0.4) is 0 Å². The maximum Gasteiger partial charge on any atom is 0.308 e.